The summed E-state index contributed by atoms with van der Waals surface area (Å²) in [5.41, 5.74) is 1.09. The van der Waals surface area contributed by atoms with Gasteiger partial charge in [0, 0.05) is 37.2 Å². The van der Waals surface area contributed by atoms with Crippen molar-refractivity contribution >= 4 is 42.5 Å². The molecule has 0 spiro atoms. The van der Waals surface area contributed by atoms with Crippen molar-refractivity contribution in [1.29, 1.82) is 0 Å². The van der Waals surface area contributed by atoms with Crippen LogP contribution in [-0.4, -0.2) is 48.2 Å². The number of thioether (sulfide) groups is 1. The number of hydrogen-bond acceptors (Lipinski definition) is 4. The number of halogens is 2. The van der Waals surface area contributed by atoms with Gasteiger partial charge in [-0.15, -0.1) is 24.8 Å². The van der Waals surface area contributed by atoms with Crippen molar-refractivity contribution in [3.8, 4) is 0 Å². The van der Waals surface area contributed by atoms with Gasteiger partial charge < -0.3 is 10.2 Å². The van der Waals surface area contributed by atoms with Crippen molar-refractivity contribution in [2.45, 2.75) is 31.4 Å². The second kappa shape index (κ2) is 13.8. The van der Waals surface area contributed by atoms with Crippen molar-refractivity contribution in [3.05, 3.63) is 30.1 Å². The fourth-order valence-electron chi connectivity index (χ4n) is 2.80. The number of nitrogens with one attached hydrogen (secondary N) is 1. The van der Waals surface area contributed by atoms with E-state index in [-0.39, 0.29) is 24.8 Å². The van der Waals surface area contributed by atoms with E-state index < -0.39 is 0 Å². The average Bonchev–Trinajstić information content (AvgIpc) is 2.58. The fraction of sp³-hybridized carbons (Fsp3) is 0.647. The molecule has 0 atom stereocenters. The minimum absolute atomic E-state index is 0. The highest BCUT2D eigenvalue weighted by atomic mass is 35.5. The molecule has 1 aliphatic rings. The van der Waals surface area contributed by atoms with Gasteiger partial charge in [0.1, 0.15) is 0 Å². The Bertz CT molecular complexity index is 443. The van der Waals surface area contributed by atoms with Gasteiger partial charge in [-0.2, -0.15) is 11.8 Å². The molecule has 1 fully saturated rings. The third-order valence-electron chi connectivity index (χ3n) is 4.21. The molecule has 2 rings (SSSR count). The summed E-state index contributed by atoms with van der Waals surface area (Å²) in [4.78, 5) is 18.6. The Balaban J connectivity index is 0.00000264. The summed E-state index contributed by atoms with van der Waals surface area (Å²) in [5, 5.41) is 3.21. The van der Waals surface area contributed by atoms with Gasteiger partial charge in [-0.3, -0.25) is 9.78 Å². The average molecular weight is 394 g/mol. The van der Waals surface area contributed by atoms with E-state index in [1.807, 2.05) is 31.4 Å². The van der Waals surface area contributed by atoms with E-state index >= 15 is 0 Å². The number of rotatable bonds is 8. The Morgan fingerprint density at radius 3 is 2.71 bits per heavy atom. The van der Waals surface area contributed by atoms with Gasteiger partial charge >= 0.3 is 0 Å². The zero-order valence-corrected chi connectivity index (χ0v) is 16.7. The van der Waals surface area contributed by atoms with Crippen LogP contribution in [0.15, 0.2) is 24.4 Å². The molecule has 0 aliphatic carbocycles. The first-order valence-electron chi connectivity index (χ1n) is 8.19. The van der Waals surface area contributed by atoms with Gasteiger partial charge in [-0.1, -0.05) is 6.07 Å². The van der Waals surface area contributed by atoms with E-state index in [1.165, 1.54) is 6.42 Å². The molecule has 1 aromatic heterocycles. The van der Waals surface area contributed by atoms with Gasteiger partial charge in [-0.05, 0) is 50.9 Å². The van der Waals surface area contributed by atoms with Crippen LogP contribution < -0.4 is 5.32 Å². The number of amides is 1. The fourth-order valence-corrected chi connectivity index (χ4v) is 3.64. The summed E-state index contributed by atoms with van der Waals surface area (Å²) >= 11 is 1.79. The van der Waals surface area contributed by atoms with Crippen molar-refractivity contribution in [2.24, 2.45) is 5.92 Å². The standard InChI is InChI=1S/C17H27N3OS.2ClH/c1-18-10-5-15-6-11-20(12-7-15)17(21)8-13-22-14-16-4-2-3-9-19-16;;/h2-4,9,15,18H,5-8,10-14H2,1H3;2*1H. The summed E-state index contributed by atoms with van der Waals surface area (Å²) in [6, 6.07) is 5.97. The summed E-state index contributed by atoms with van der Waals surface area (Å²) in [7, 11) is 2.00. The lowest BCUT2D eigenvalue weighted by atomic mass is 9.93. The van der Waals surface area contributed by atoms with Crippen LogP contribution in [0.5, 0.6) is 0 Å². The monoisotopic (exact) mass is 393 g/mol. The van der Waals surface area contributed by atoms with Crippen molar-refractivity contribution in [3.63, 3.8) is 0 Å². The second-order valence-electron chi connectivity index (χ2n) is 5.84. The van der Waals surface area contributed by atoms with Crippen molar-refractivity contribution in [2.75, 3.05) is 32.4 Å². The van der Waals surface area contributed by atoms with Gasteiger partial charge in [-0.25, -0.2) is 0 Å². The van der Waals surface area contributed by atoms with E-state index in [0.29, 0.717) is 12.3 Å². The lowest BCUT2D eigenvalue weighted by Crippen LogP contribution is -2.39. The van der Waals surface area contributed by atoms with Crippen molar-refractivity contribution < 1.29 is 4.79 Å². The Hall–Kier alpha value is -0.490. The third kappa shape index (κ3) is 8.56. The van der Waals surface area contributed by atoms with Gasteiger partial charge in [0.2, 0.25) is 5.91 Å². The number of likely N-dealkylation sites (tertiary alicyclic amines) is 1. The molecule has 1 saturated heterocycles. The Kier molecular flexibility index (Phi) is 13.5. The maximum atomic E-state index is 12.2. The number of piperidine rings is 1. The molecule has 1 aliphatic heterocycles. The van der Waals surface area contributed by atoms with Crippen LogP contribution >= 0.6 is 36.6 Å². The Morgan fingerprint density at radius 1 is 1.33 bits per heavy atom. The molecule has 7 heteroatoms. The predicted molar refractivity (Wildman–Crippen MR) is 107 cm³/mol. The lowest BCUT2D eigenvalue weighted by molar-refractivity contribution is -0.132. The minimum Gasteiger partial charge on any atom is -0.343 e. The first-order valence-corrected chi connectivity index (χ1v) is 9.35. The van der Waals surface area contributed by atoms with E-state index in [0.717, 1.165) is 55.6 Å². The SMILES string of the molecule is CNCCC1CCN(C(=O)CCSCc2ccccn2)CC1.Cl.Cl. The number of aromatic nitrogens is 1. The largest absolute Gasteiger partial charge is 0.343 e. The number of pyridine rings is 1. The van der Waals surface area contributed by atoms with Crippen LogP contribution in [-0.2, 0) is 10.5 Å². The highest BCUT2D eigenvalue weighted by Gasteiger charge is 2.21. The molecular formula is C17H29Cl2N3OS. The third-order valence-corrected chi connectivity index (χ3v) is 5.20. The normalized spacial score (nSPS) is 14.6. The molecule has 1 amide bonds. The maximum absolute atomic E-state index is 12.2. The molecule has 0 unspecified atom stereocenters. The lowest BCUT2D eigenvalue weighted by Gasteiger charge is -2.32. The molecular weight excluding hydrogens is 365 g/mol. The first-order chi connectivity index (χ1) is 10.8. The number of hydrogen-bond donors (Lipinski definition) is 1. The summed E-state index contributed by atoms with van der Waals surface area (Å²) in [6.07, 6.45) is 6.03. The predicted octanol–water partition coefficient (Wildman–Crippen LogP) is 3.40. The van der Waals surface area contributed by atoms with E-state index in [2.05, 4.69) is 15.2 Å². The summed E-state index contributed by atoms with van der Waals surface area (Å²) < 4.78 is 0. The molecule has 0 radical (unpaired) electrons. The maximum Gasteiger partial charge on any atom is 0.223 e. The quantitative estimate of drug-likeness (QED) is 0.687. The zero-order chi connectivity index (χ0) is 15.6. The molecule has 4 nitrogen and oxygen atoms in total. The van der Waals surface area contributed by atoms with Crippen molar-refractivity contribution in [1.82, 2.24) is 15.2 Å². The van der Waals surface area contributed by atoms with Crippen LogP contribution in [0.3, 0.4) is 0 Å². The van der Waals surface area contributed by atoms with Gasteiger partial charge in [0.25, 0.3) is 0 Å². The summed E-state index contributed by atoms with van der Waals surface area (Å²) in [5.74, 6) is 2.88. The number of nitrogens with zero attached hydrogens (tertiary/aromatic N) is 2. The first kappa shape index (κ1) is 23.5. The van der Waals surface area contributed by atoms with Crippen LogP contribution in [0, 0.1) is 5.92 Å². The van der Waals surface area contributed by atoms with E-state index in [4.69, 9.17) is 0 Å². The highest BCUT2D eigenvalue weighted by Crippen LogP contribution is 2.21. The van der Waals surface area contributed by atoms with Crippen LogP contribution in [0.25, 0.3) is 0 Å². The van der Waals surface area contributed by atoms with Crippen LogP contribution in [0.4, 0.5) is 0 Å². The molecule has 24 heavy (non-hydrogen) atoms. The van der Waals surface area contributed by atoms with E-state index in [9.17, 15) is 4.79 Å². The molecule has 0 aromatic carbocycles. The molecule has 0 bridgehead atoms. The summed E-state index contributed by atoms with van der Waals surface area (Å²) in [6.45, 7) is 2.97. The van der Waals surface area contributed by atoms with Gasteiger partial charge in [0.15, 0.2) is 0 Å². The Labute approximate surface area is 162 Å². The van der Waals surface area contributed by atoms with E-state index in [1.54, 1.807) is 11.8 Å². The molecule has 0 saturated carbocycles. The second-order valence-corrected chi connectivity index (χ2v) is 6.95. The topological polar surface area (TPSA) is 45.2 Å². The number of carbonyl (C=O) groups excluding carboxylic acids is 1. The molecule has 2 heterocycles. The Morgan fingerprint density at radius 2 is 2.08 bits per heavy atom. The smallest absolute Gasteiger partial charge is 0.223 e. The number of carbonyl (C=O) groups is 1. The molecule has 1 aromatic rings. The molecule has 1 N–H and O–H groups in total. The molecule has 138 valence electrons. The van der Waals surface area contributed by atoms with Crippen LogP contribution in [0.1, 0.15) is 31.4 Å². The van der Waals surface area contributed by atoms with Gasteiger partial charge in [0.05, 0.1) is 5.69 Å². The highest BCUT2D eigenvalue weighted by molar-refractivity contribution is 7.98. The zero-order valence-electron chi connectivity index (χ0n) is 14.3. The van der Waals surface area contributed by atoms with Crippen LogP contribution in [0.2, 0.25) is 0 Å². The minimum atomic E-state index is 0.